The summed E-state index contributed by atoms with van der Waals surface area (Å²) in [5, 5.41) is 9.05. The van der Waals surface area contributed by atoms with Gasteiger partial charge in [-0.15, -0.1) is 0 Å². The van der Waals surface area contributed by atoms with Crippen LogP contribution in [0.3, 0.4) is 0 Å². The molecule has 0 aliphatic carbocycles. The SMILES string of the molecule is CC1Oc2ccccc2OC1C(=O)OCc1ccccc1C#N. The molecule has 1 aliphatic heterocycles. The maximum Gasteiger partial charge on any atom is 0.351 e. The molecule has 116 valence electrons. The minimum atomic E-state index is -0.834. The van der Waals surface area contributed by atoms with Crippen LogP contribution in [-0.2, 0) is 16.1 Å². The molecule has 0 N–H and O–H groups in total. The summed E-state index contributed by atoms with van der Waals surface area (Å²) in [6, 6.07) is 16.2. The molecule has 0 bridgehead atoms. The van der Waals surface area contributed by atoms with Gasteiger partial charge in [0.05, 0.1) is 11.6 Å². The first-order chi connectivity index (χ1) is 11.2. The van der Waals surface area contributed by atoms with Gasteiger partial charge >= 0.3 is 5.97 Å². The van der Waals surface area contributed by atoms with Crippen molar-refractivity contribution in [3.8, 4) is 17.6 Å². The number of ether oxygens (including phenoxy) is 3. The highest BCUT2D eigenvalue weighted by molar-refractivity contribution is 5.76. The molecule has 1 heterocycles. The summed E-state index contributed by atoms with van der Waals surface area (Å²) in [6.07, 6.45) is -1.29. The zero-order chi connectivity index (χ0) is 16.2. The number of rotatable bonds is 3. The van der Waals surface area contributed by atoms with E-state index < -0.39 is 18.2 Å². The van der Waals surface area contributed by atoms with E-state index in [1.54, 1.807) is 43.3 Å². The lowest BCUT2D eigenvalue weighted by molar-refractivity contribution is -0.159. The van der Waals surface area contributed by atoms with E-state index in [1.807, 2.05) is 12.1 Å². The van der Waals surface area contributed by atoms with Crippen molar-refractivity contribution < 1.29 is 19.0 Å². The molecule has 2 aromatic rings. The fourth-order valence-electron chi connectivity index (χ4n) is 2.37. The molecular weight excluding hydrogens is 294 g/mol. The van der Waals surface area contributed by atoms with Gasteiger partial charge in [0.15, 0.2) is 11.5 Å². The largest absolute Gasteiger partial charge is 0.482 e. The van der Waals surface area contributed by atoms with Crippen LogP contribution in [0.15, 0.2) is 48.5 Å². The number of nitrogens with zero attached hydrogens (tertiary/aromatic N) is 1. The van der Waals surface area contributed by atoms with E-state index in [9.17, 15) is 4.79 Å². The number of esters is 1. The van der Waals surface area contributed by atoms with E-state index in [0.29, 0.717) is 22.6 Å². The minimum absolute atomic E-state index is 0.0246. The molecule has 1 aliphatic rings. The van der Waals surface area contributed by atoms with E-state index >= 15 is 0 Å². The van der Waals surface area contributed by atoms with Gasteiger partial charge in [-0.1, -0.05) is 30.3 Å². The number of carbonyl (C=O) groups excluding carboxylic acids is 1. The van der Waals surface area contributed by atoms with Crippen molar-refractivity contribution in [2.24, 2.45) is 0 Å². The number of nitriles is 1. The molecule has 0 aromatic heterocycles. The zero-order valence-corrected chi connectivity index (χ0v) is 12.6. The number of para-hydroxylation sites is 2. The van der Waals surface area contributed by atoms with Gasteiger partial charge in [-0.25, -0.2) is 4.79 Å². The molecule has 0 saturated carbocycles. The highest BCUT2D eigenvalue weighted by Crippen LogP contribution is 2.33. The third-order valence-electron chi connectivity index (χ3n) is 3.58. The summed E-state index contributed by atoms with van der Waals surface area (Å²) in [5.41, 5.74) is 1.15. The molecule has 5 heteroatoms. The molecule has 0 radical (unpaired) electrons. The summed E-state index contributed by atoms with van der Waals surface area (Å²) in [7, 11) is 0. The molecule has 23 heavy (non-hydrogen) atoms. The average molecular weight is 309 g/mol. The molecule has 2 unspecified atom stereocenters. The van der Waals surface area contributed by atoms with E-state index in [0.717, 1.165) is 0 Å². The van der Waals surface area contributed by atoms with Gasteiger partial charge in [0, 0.05) is 5.56 Å². The molecular formula is C18H15NO4. The summed E-state index contributed by atoms with van der Waals surface area (Å²) in [6.45, 7) is 1.78. The first-order valence-electron chi connectivity index (χ1n) is 7.26. The van der Waals surface area contributed by atoms with Crippen molar-refractivity contribution in [1.29, 1.82) is 5.26 Å². The molecule has 0 saturated heterocycles. The van der Waals surface area contributed by atoms with Gasteiger partial charge in [-0.05, 0) is 25.1 Å². The van der Waals surface area contributed by atoms with Crippen molar-refractivity contribution in [1.82, 2.24) is 0 Å². The average Bonchev–Trinajstić information content (AvgIpc) is 2.59. The van der Waals surface area contributed by atoms with Crippen LogP contribution >= 0.6 is 0 Å². The van der Waals surface area contributed by atoms with Crippen LogP contribution in [0, 0.1) is 11.3 Å². The second-order valence-corrected chi connectivity index (χ2v) is 5.18. The maximum atomic E-state index is 12.3. The number of fused-ring (bicyclic) bond motifs is 1. The van der Waals surface area contributed by atoms with Crippen molar-refractivity contribution in [2.75, 3.05) is 0 Å². The summed E-state index contributed by atoms with van der Waals surface area (Å²) < 4.78 is 16.7. The van der Waals surface area contributed by atoms with Crippen molar-refractivity contribution in [3.05, 3.63) is 59.7 Å². The Morgan fingerprint density at radius 3 is 2.52 bits per heavy atom. The lowest BCUT2D eigenvalue weighted by atomic mass is 10.1. The Bertz CT molecular complexity index is 766. The standard InChI is InChI=1S/C18H15NO4/c1-12-17(23-16-9-5-4-8-15(16)22-12)18(20)21-11-14-7-3-2-6-13(14)10-19/h2-9,12,17H,11H2,1H3. The highest BCUT2D eigenvalue weighted by atomic mass is 16.6. The fourth-order valence-corrected chi connectivity index (χ4v) is 2.37. The van der Waals surface area contributed by atoms with Gasteiger partial charge in [-0.2, -0.15) is 5.26 Å². The number of hydrogen-bond donors (Lipinski definition) is 0. The molecule has 0 amide bonds. The summed E-state index contributed by atoms with van der Waals surface area (Å²) >= 11 is 0. The molecule has 2 aromatic carbocycles. The Labute approximate surface area is 134 Å². The molecule has 2 atom stereocenters. The maximum absolute atomic E-state index is 12.3. The van der Waals surface area contributed by atoms with Gasteiger partial charge in [0.25, 0.3) is 0 Å². The molecule has 0 fully saturated rings. The zero-order valence-electron chi connectivity index (χ0n) is 12.6. The van der Waals surface area contributed by atoms with Crippen molar-refractivity contribution in [2.45, 2.75) is 25.7 Å². The van der Waals surface area contributed by atoms with Crippen LogP contribution in [0.5, 0.6) is 11.5 Å². The lowest BCUT2D eigenvalue weighted by Crippen LogP contribution is -2.44. The first kappa shape index (κ1) is 14.9. The summed E-state index contributed by atoms with van der Waals surface area (Å²) in [4.78, 5) is 12.3. The van der Waals surface area contributed by atoms with Crippen LogP contribution in [0.25, 0.3) is 0 Å². The van der Waals surface area contributed by atoms with Crippen LogP contribution in [0.1, 0.15) is 18.1 Å². The van der Waals surface area contributed by atoms with Crippen molar-refractivity contribution >= 4 is 5.97 Å². The minimum Gasteiger partial charge on any atom is -0.482 e. The monoisotopic (exact) mass is 309 g/mol. The van der Waals surface area contributed by atoms with Crippen LogP contribution in [0.2, 0.25) is 0 Å². The predicted molar refractivity (Wildman–Crippen MR) is 81.9 cm³/mol. The number of carbonyl (C=O) groups is 1. The summed E-state index contributed by atoms with van der Waals surface area (Å²) in [5.74, 6) is 0.614. The van der Waals surface area contributed by atoms with Gasteiger partial charge in [-0.3, -0.25) is 0 Å². The van der Waals surface area contributed by atoms with Crippen molar-refractivity contribution in [3.63, 3.8) is 0 Å². The topological polar surface area (TPSA) is 68.6 Å². The van der Waals surface area contributed by atoms with Crippen LogP contribution in [0.4, 0.5) is 0 Å². The molecule has 0 spiro atoms. The van der Waals surface area contributed by atoms with E-state index in [4.69, 9.17) is 19.5 Å². The van der Waals surface area contributed by atoms with Gasteiger partial charge < -0.3 is 14.2 Å². The smallest absolute Gasteiger partial charge is 0.351 e. The first-order valence-corrected chi connectivity index (χ1v) is 7.26. The van der Waals surface area contributed by atoms with Gasteiger partial charge in [0.1, 0.15) is 12.7 Å². The Balaban J connectivity index is 1.68. The Kier molecular flexibility index (Phi) is 4.15. The quantitative estimate of drug-likeness (QED) is 0.815. The number of hydrogen-bond acceptors (Lipinski definition) is 5. The van der Waals surface area contributed by atoms with Gasteiger partial charge in [0.2, 0.25) is 6.10 Å². The van der Waals surface area contributed by atoms with Crippen LogP contribution < -0.4 is 9.47 Å². The van der Waals surface area contributed by atoms with E-state index in [1.165, 1.54) is 0 Å². The lowest BCUT2D eigenvalue weighted by Gasteiger charge is -2.30. The van der Waals surface area contributed by atoms with E-state index in [-0.39, 0.29) is 6.61 Å². The third-order valence-corrected chi connectivity index (χ3v) is 3.58. The second-order valence-electron chi connectivity index (χ2n) is 5.18. The second kappa shape index (κ2) is 6.41. The Morgan fingerprint density at radius 2 is 1.78 bits per heavy atom. The normalized spacial score (nSPS) is 18.8. The Morgan fingerprint density at radius 1 is 1.13 bits per heavy atom. The molecule has 3 rings (SSSR count). The van der Waals surface area contributed by atoms with E-state index in [2.05, 4.69) is 6.07 Å². The highest BCUT2D eigenvalue weighted by Gasteiger charge is 2.35. The van der Waals surface area contributed by atoms with Crippen LogP contribution in [-0.4, -0.2) is 18.2 Å². The molecule has 5 nitrogen and oxygen atoms in total. The fraction of sp³-hybridized carbons (Fsp3) is 0.222. The number of benzene rings is 2. The third kappa shape index (κ3) is 3.11. The Hall–Kier alpha value is -3.00. The predicted octanol–water partition coefficient (Wildman–Crippen LogP) is 2.83.